The molecule has 0 spiro atoms. The van der Waals surface area contributed by atoms with E-state index in [2.05, 4.69) is 22.3 Å². The summed E-state index contributed by atoms with van der Waals surface area (Å²) in [4.78, 5) is 39.6. The number of nitrogens with zero attached hydrogens (tertiary/aromatic N) is 3. The molecule has 2 saturated heterocycles. The first-order valence-electron chi connectivity index (χ1n) is 13.1. The maximum atomic E-state index is 13.2. The number of aromatic nitrogens is 1. The maximum Gasteiger partial charge on any atom is 0.317 e. The van der Waals surface area contributed by atoms with Crippen LogP contribution in [0.5, 0.6) is 0 Å². The molecule has 1 aromatic heterocycles. The molecule has 188 valence electrons. The van der Waals surface area contributed by atoms with Crippen LogP contribution < -0.4 is 10.9 Å². The van der Waals surface area contributed by atoms with Crippen LogP contribution in [0.2, 0.25) is 0 Å². The molecule has 3 aliphatic heterocycles. The van der Waals surface area contributed by atoms with E-state index in [4.69, 9.17) is 9.90 Å². The monoisotopic (exact) mass is 472 g/mol. The van der Waals surface area contributed by atoms with Gasteiger partial charge in [0, 0.05) is 56.3 Å². The van der Waals surface area contributed by atoms with Gasteiger partial charge in [0.2, 0.25) is 0 Å². The van der Waals surface area contributed by atoms with Gasteiger partial charge in [0.15, 0.2) is 0 Å². The van der Waals surface area contributed by atoms with Gasteiger partial charge in [-0.1, -0.05) is 31.7 Å². The number of fused-ring (bicyclic) bond motifs is 4. The van der Waals surface area contributed by atoms with Crippen molar-refractivity contribution in [2.75, 3.05) is 26.2 Å². The second kappa shape index (κ2) is 11.4. The van der Waals surface area contributed by atoms with E-state index in [0.29, 0.717) is 12.0 Å². The number of hydrogen-bond donors (Lipinski definition) is 2. The van der Waals surface area contributed by atoms with Crippen molar-refractivity contribution in [2.45, 2.75) is 89.8 Å². The number of carbonyl (C=O) groups excluding carboxylic acids is 1. The molecule has 2 atom stereocenters. The number of pyridine rings is 1. The van der Waals surface area contributed by atoms with Crippen LogP contribution in [0.25, 0.3) is 0 Å². The molecule has 2 N–H and O–H groups in total. The van der Waals surface area contributed by atoms with E-state index >= 15 is 0 Å². The van der Waals surface area contributed by atoms with E-state index in [9.17, 15) is 9.59 Å². The van der Waals surface area contributed by atoms with E-state index in [1.807, 2.05) is 9.47 Å². The first-order valence-corrected chi connectivity index (χ1v) is 13.1. The van der Waals surface area contributed by atoms with E-state index in [1.54, 1.807) is 0 Å². The zero-order valence-corrected chi connectivity index (χ0v) is 20.5. The summed E-state index contributed by atoms with van der Waals surface area (Å²) in [6.07, 6.45) is 10.9. The predicted molar refractivity (Wildman–Crippen MR) is 131 cm³/mol. The molecular weight excluding hydrogens is 432 g/mol. The van der Waals surface area contributed by atoms with Gasteiger partial charge < -0.3 is 19.9 Å². The Labute approximate surface area is 202 Å². The number of nitrogens with one attached hydrogen (secondary N) is 1. The standard InChI is InChI=1S/C24H36N4O2.C2H4O2/c29-23-19(16-26-11-5-2-6-12-26)9-10-22-20-13-18(15-28(22)23)14-27(17-20)24(30)25-21-7-3-1-4-8-21;1-2(3)4/h9-10,18,20-21H,1-8,11-17H2,(H,25,30);1H3,(H,3,4)/t18-,20+;/m0./s1. The first kappa shape index (κ1) is 24.8. The van der Waals surface area contributed by atoms with Gasteiger partial charge in [-0.25, -0.2) is 4.79 Å². The lowest BCUT2D eigenvalue weighted by Crippen LogP contribution is -2.53. The van der Waals surface area contributed by atoms with E-state index in [-0.39, 0.29) is 17.5 Å². The molecule has 2 amide bonds. The number of aliphatic carboxylic acids is 1. The average molecular weight is 473 g/mol. The summed E-state index contributed by atoms with van der Waals surface area (Å²) in [5, 5.41) is 10.7. The SMILES string of the molecule is CC(=O)O.O=C(NC1CCCCC1)N1C[C@@H]2C[C@H](C1)c1ccc(CN3CCCCC3)c(=O)n1C2. The van der Waals surface area contributed by atoms with Crippen molar-refractivity contribution >= 4 is 12.0 Å². The third-order valence-corrected chi connectivity index (χ3v) is 7.75. The van der Waals surface area contributed by atoms with Crippen LogP contribution in [0.15, 0.2) is 16.9 Å². The fraction of sp³-hybridized carbons (Fsp3) is 0.731. The fourth-order valence-electron chi connectivity index (χ4n) is 6.15. The van der Waals surface area contributed by atoms with Crippen molar-refractivity contribution in [1.29, 1.82) is 0 Å². The van der Waals surface area contributed by atoms with Gasteiger partial charge >= 0.3 is 6.03 Å². The summed E-state index contributed by atoms with van der Waals surface area (Å²) in [6.45, 7) is 6.35. The number of hydrogen-bond acceptors (Lipinski definition) is 4. The number of urea groups is 1. The highest BCUT2D eigenvalue weighted by Crippen LogP contribution is 2.35. The molecule has 0 aromatic carbocycles. The van der Waals surface area contributed by atoms with Crippen LogP contribution in [-0.2, 0) is 17.9 Å². The van der Waals surface area contributed by atoms with Crippen molar-refractivity contribution in [1.82, 2.24) is 19.7 Å². The summed E-state index contributed by atoms with van der Waals surface area (Å²) in [5.41, 5.74) is 2.27. The molecule has 8 nitrogen and oxygen atoms in total. The summed E-state index contributed by atoms with van der Waals surface area (Å²) >= 11 is 0. The third-order valence-electron chi connectivity index (χ3n) is 7.75. The molecule has 4 aliphatic rings. The largest absolute Gasteiger partial charge is 0.481 e. The minimum atomic E-state index is -0.833. The van der Waals surface area contributed by atoms with Crippen LogP contribution in [-0.4, -0.2) is 63.7 Å². The fourth-order valence-corrected chi connectivity index (χ4v) is 6.15. The summed E-state index contributed by atoms with van der Waals surface area (Å²) in [7, 11) is 0. The number of amides is 2. The third kappa shape index (κ3) is 6.20. The Bertz CT molecular complexity index is 914. The minimum absolute atomic E-state index is 0.106. The van der Waals surface area contributed by atoms with Gasteiger partial charge in [-0.15, -0.1) is 0 Å². The van der Waals surface area contributed by atoms with Crippen molar-refractivity contribution in [3.05, 3.63) is 33.7 Å². The molecule has 2 bridgehead atoms. The molecule has 1 aromatic rings. The molecule has 1 saturated carbocycles. The van der Waals surface area contributed by atoms with Crippen molar-refractivity contribution in [3.63, 3.8) is 0 Å². The number of piperidine rings is 2. The second-order valence-electron chi connectivity index (χ2n) is 10.5. The van der Waals surface area contributed by atoms with Crippen LogP contribution in [0.4, 0.5) is 4.79 Å². The molecule has 0 radical (unpaired) electrons. The number of carbonyl (C=O) groups is 2. The minimum Gasteiger partial charge on any atom is -0.481 e. The number of carboxylic acids is 1. The lowest BCUT2D eigenvalue weighted by Gasteiger charge is -2.43. The Hall–Kier alpha value is -2.35. The zero-order valence-electron chi connectivity index (χ0n) is 20.5. The summed E-state index contributed by atoms with van der Waals surface area (Å²) in [6, 6.07) is 4.68. The van der Waals surface area contributed by atoms with Gasteiger partial charge in [-0.3, -0.25) is 14.5 Å². The van der Waals surface area contributed by atoms with Gasteiger partial charge in [-0.2, -0.15) is 0 Å². The zero-order chi connectivity index (χ0) is 24.1. The Balaban J connectivity index is 0.000000636. The highest BCUT2D eigenvalue weighted by Gasteiger charge is 2.37. The Morgan fingerprint density at radius 2 is 1.68 bits per heavy atom. The van der Waals surface area contributed by atoms with Crippen LogP contribution in [0.3, 0.4) is 0 Å². The van der Waals surface area contributed by atoms with Crippen molar-refractivity contribution < 1.29 is 14.7 Å². The molecular formula is C26H40N4O4. The van der Waals surface area contributed by atoms with E-state index in [0.717, 1.165) is 76.7 Å². The quantitative estimate of drug-likeness (QED) is 0.703. The van der Waals surface area contributed by atoms with Gasteiger partial charge in [-0.05, 0) is 57.2 Å². The molecule has 1 aliphatic carbocycles. The number of likely N-dealkylation sites (tertiary alicyclic amines) is 2. The van der Waals surface area contributed by atoms with Gasteiger partial charge in [0.1, 0.15) is 0 Å². The highest BCUT2D eigenvalue weighted by atomic mass is 16.4. The first-order chi connectivity index (χ1) is 16.4. The van der Waals surface area contributed by atoms with Gasteiger partial charge in [0.25, 0.3) is 11.5 Å². The van der Waals surface area contributed by atoms with Crippen molar-refractivity contribution in [2.24, 2.45) is 5.92 Å². The number of rotatable bonds is 3. The Kier molecular flexibility index (Phi) is 8.29. The topological polar surface area (TPSA) is 94.9 Å². The Morgan fingerprint density at radius 1 is 1.00 bits per heavy atom. The average Bonchev–Trinajstić information content (AvgIpc) is 2.82. The van der Waals surface area contributed by atoms with Crippen LogP contribution in [0, 0.1) is 5.92 Å². The van der Waals surface area contributed by atoms with Crippen molar-refractivity contribution in [3.8, 4) is 0 Å². The summed E-state index contributed by atoms with van der Waals surface area (Å²) in [5.74, 6) is -0.164. The van der Waals surface area contributed by atoms with E-state index < -0.39 is 5.97 Å². The molecule has 5 rings (SSSR count). The normalized spacial score (nSPS) is 25.0. The predicted octanol–water partition coefficient (Wildman–Crippen LogP) is 3.39. The maximum absolute atomic E-state index is 13.2. The molecule has 4 heterocycles. The lowest BCUT2D eigenvalue weighted by molar-refractivity contribution is -0.134. The molecule has 3 fully saturated rings. The molecule has 0 unspecified atom stereocenters. The van der Waals surface area contributed by atoms with E-state index in [1.165, 1.54) is 38.5 Å². The Morgan fingerprint density at radius 3 is 2.38 bits per heavy atom. The van der Waals surface area contributed by atoms with Gasteiger partial charge in [0.05, 0.1) is 0 Å². The highest BCUT2D eigenvalue weighted by molar-refractivity contribution is 5.74. The summed E-state index contributed by atoms with van der Waals surface area (Å²) < 4.78 is 2.04. The molecule has 8 heteroatoms. The smallest absolute Gasteiger partial charge is 0.317 e. The second-order valence-corrected chi connectivity index (χ2v) is 10.5. The molecule has 34 heavy (non-hydrogen) atoms. The van der Waals surface area contributed by atoms with Crippen LogP contribution in [0.1, 0.15) is 81.9 Å². The van der Waals surface area contributed by atoms with Crippen LogP contribution >= 0.6 is 0 Å². The lowest BCUT2D eigenvalue weighted by atomic mass is 9.83. The number of carboxylic acid groups (broad SMARTS) is 1.